The third-order valence-electron chi connectivity index (χ3n) is 1.93. The third-order valence-corrected chi connectivity index (χ3v) is 1.93. The van der Waals surface area contributed by atoms with E-state index in [-0.39, 0.29) is 13.1 Å². The molecule has 0 spiro atoms. The van der Waals surface area contributed by atoms with E-state index in [0.29, 0.717) is 0 Å². The fourth-order valence-corrected chi connectivity index (χ4v) is 1.11. The number of rotatable bonds is 2. The SMILES string of the molecule is C[C@@H](C(N)=O)N1CC(=O)NC(=O)C1. The van der Waals surface area contributed by atoms with Gasteiger partial charge in [0.25, 0.3) is 0 Å². The Morgan fingerprint density at radius 2 is 1.92 bits per heavy atom. The third kappa shape index (κ3) is 2.25. The lowest BCUT2D eigenvalue weighted by Crippen LogP contribution is -2.56. The molecule has 1 aliphatic rings. The van der Waals surface area contributed by atoms with Gasteiger partial charge >= 0.3 is 0 Å². The van der Waals surface area contributed by atoms with E-state index < -0.39 is 23.8 Å². The summed E-state index contributed by atoms with van der Waals surface area (Å²) in [5.74, 6) is -1.34. The number of imide groups is 1. The van der Waals surface area contributed by atoms with Crippen LogP contribution in [-0.4, -0.2) is 41.8 Å². The lowest BCUT2D eigenvalue weighted by atomic mass is 10.2. The maximum Gasteiger partial charge on any atom is 0.240 e. The number of carbonyl (C=O) groups is 3. The highest BCUT2D eigenvalue weighted by Crippen LogP contribution is 2.01. The maximum atomic E-state index is 10.9. The Kier molecular flexibility index (Phi) is 2.62. The van der Waals surface area contributed by atoms with E-state index in [1.807, 2.05) is 0 Å². The Morgan fingerprint density at radius 3 is 2.31 bits per heavy atom. The molecule has 1 atom stereocenters. The van der Waals surface area contributed by atoms with Gasteiger partial charge in [-0.15, -0.1) is 0 Å². The molecule has 1 saturated heterocycles. The number of hydrogen-bond donors (Lipinski definition) is 2. The molecule has 0 aromatic heterocycles. The monoisotopic (exact) mass is 185 g/mol. The quantitative estimate of drug-likeness (QED) is 0.478. The van der Waals surface area contributed by atoms with E-state index >= 15 is 0 Å². The van der Waals surface area contributed by atoms with Crippen molar-refractivity contribution in [2.75, 3.05) is 13.1 Å². The van der Waals surface area contributed by atoms with Crippen LogP contribution in [0, 0.1) is 0 Å². The van der Waals surface area contributed by atoms with Crippen LogP contribution in [0.15, 0.2) is 0 Å². The number of hydrogen-bond acceptors (Lipinski definition) is 4. The van der Waals surface area contributed by atoms with Crippen molar-refractivity contribution in [1.82, 2.24) is 10.2 Å². The zero-order chi connectivity index (χ0) is 10.0. The van der Waals surface area contributed by atoms with Gasteiger partial charge in [0, 0.05) is 0 Å². The number of nitrogens with two attached hydrogens (primary N) is 1. The van der Waals surface area contributed by atoms with Crippen molar-refractivity contribution in [3.8, 4) is 0 Å². The summed E-state index contributed by atoms with van der Waals surface area (Å²) in [7, 11) is 0. The highest BCUT2D eigenvalue weighted by atomic mass is 16.2. The largest absolute Gasteiger partial charge is 0.368 e. The fraction of sp³-hybridized carbons (Fsp3) is 0.571. The second-order valence-electron chi connectivity index (χ2n) is 2.95. The number of primary amides is 1. The maximum absolute atomic E-state index is 10.9. The summed E-state index contributed by atoms with van der Waals surface area (Å²) in [5, 5.41) is 2.13. The van der Waals surface area contributed by atoms with E-state index in [1.54, 1.807) is 6.92 Å². The molecule has 0 bridgehead atoms. The van der Waals surface area contributed by atoms with Crippen molar-refractivity contribution >= 4 is 17.7 Å². The van der Waals surface area contributed by atoms with Crippen molar-refractivity contribution in [1.29, 1.82) is 0 Å². The van der Waals surface area contributed by atoms with Gasteiger partial charge < -0.3 is 5.73 Å². The first-order valence-corrected chi connectivity index (χ1v) is 3.86. The van der Waals surface area contributed by atoms with Crippen LogP contribution in [0.5, 0.6) is 0 Å². The lowest BCUT2D eigenvalue weighted by molar-refractivity contribution is -0.138. The number of amides is 3. The van der Waals surface area contributed by atoms with E-state index in [1.165, 1.54) is 4.90 Å². The van der Waals surface area contributed by atoms with Gasteiger partial charge in [-0.2, -0.15) is 0 Å². The molecule has 0 unspecified atom stereocenters. The van der Waals surface area contributed by atoms with Gasteiger partial charge in [-0.05, 0) is 6.92 Å². The molecular weight excluding hydrogens is 174 g/mol. The molecule has 3 N–H and O–H groups in total. The van der Waals surface area contributed by atoms with Crippen LogP contribution >= 0.6 is 0 Å². The Hall–Kier alpha value is -1.43. The van der Waals surface area contributed by atoms with Crippen LogP contribution in [0.25, 0.3) is 0 Å². The average Bonchev–Trinajstić information content (AvgIpc) is 2.01. The van der Waals surface area contributed by atoms with Crippen LogP contribution in [-0.2, 0) is 14.4 Å². The predicted molar refractivity (Wildman–Crippen MR) is 43.4 cm³/mol. The van der Waals surface area contributed by atoms with E-state index in [4.69, 9.17) is 5.73 Å². The van der Waals surface area contributed by atoms with E-state index in [2.05, 4.69) is 5.32 Å². The summed E-state index contributed by atoms with van der Waals surface area (Å²) in [5.41, 5.74) is 5.03. The Labute approximate surface area is 75.1 Å². The first kappa shape index (κ1) is 9.66. The van der Waals surface area contributed by atoms with E-state index in [0.717, 1.165) is 0 Å². The zero-order valence-corrected chi connectivity index (χ0v) is 7.24. The zero-order valence-electron chi connectivity index (χ0n) is 7.24. The van der Waals surface area contributed by atoms with Gasteiger partial charge in [0.05, 0.1) is 19.1 Å². The van der Waals surface area contributed by atoms with Gasteiger partial charge in [-0.1, -0.05) is 0 Å². The normalized spacial score (nSPS) is 21.0. The Bertz CT molecular complexity index is 248. The van der Waals surface area contributed by atoms with Gasteiger partial charge in [0.2, 0.25) is 17.7 Å². The highest BCUT2D eigenvalue weighted by molar-refractivity contribution is 5.99. The molecule has 1 aliphatic heterocycles. The molecule has 0 radical (unpaired) electrons. The van der Waals surface area contributed by atoms with Crippen LogP contribution in [0.3, 0.4) is 0 Å². The summed E-state index contributed by atoms with van der Waals surface area (Å²) >= 11 is 0. The fourth-order valence-electron chi connectivity index (χ4n) is 1.11. The van der Waals surface area contributed by atoms with Crippen molar-refractivity contribution in [3.05, 3.63) is 0 Å². The van der Waals surface area contributed by atoms with Gasteiger partial charge in [0.15, 0.2) is 0 Å². The number of nitrogens with zero attached hydrogens (tertiary/aromatic N) is 1. The summed E-state index contributed by atoms with van der Waals surface area (Å²) in [6.07, 6.45) is 0. The molecule has 72 valence electrons. The number of nitrogens with one attached hydrogen (secondary N) is 1. The van der Waals surface area contributed by atoms with Crippen molar-refractivity contribution in [2.45, 2.75) is 13.0 Å². The van der Waals surface area contributed by atoms with Crippen molar-refractivity contribution < 1.29 is 14.4 Å². The standard InChI is InChI=1S/C7H11N3O3/c1-4(7(8)13)10-2-5(11)9-6(12)3-10/h4H,2-3H2,1H3,(H2,8,13)(H,9,11,12)/t4-/m0/s1. The molecule has 6 heteroatoms. The molecule has 6 nitrogen and oxygen atoms in total. The van der Waals surface area contributed by atoms with Crippen molar-refractivity contribution in [3.63, 3.8) is 0 Å². The minimum Gasteiger partial charge on any atom is -0.368 e. The average molecular weight is 185 g/mol. The summed E-state index contributed by atoms with van der Waals surface area (Å²) in [4.78, 5) is 34.0. The molecule has 0 saturated carbocycles. The topological polar surface area (TPSA) is 92.5 Å². The molecule has 1 heterocycles. The summed E-state index contributed by atoms with van der Waals surface area (Å²) in [6.45, 7) is 1.64. The second-order valence-corrected chi connectivity index (χ2v) is 2.95. The van der Waals surface area contributed by atoms with Gasteiger partial charge in [-0.25, -0.2) is 0 Å². The van der Waals surface area contributed by atoms with Crippen LogP contribution < -0.4 is 11.1 Å². The molecule has 0 aliphatic carbocycles. The van der Waals surface area contributed by atoms with Crippen LogP contribution in [0.4, 0.5) is 0 Å². The van der Waals surface area contributed by atoms with Crippen LogP contribution in [0.1, 0.15) is 6.92 Å². The minimum absolute atomic E-state index is 0.0375. The highest BCUT2D eigenvalue weighted by Gasteiger charge is 2.28. The summed E-state index contributed by atoms with van der Waals surface area (Å²) in [6, 6.07) is -0.588. The molecular formula is C7H11N3O3. The predicted octanol–water partition coefficient (Wildman–Crippen LogP) is -2.18. The Balaban J connectivity index is 2.65. The van der Waals surface area contributed by atoms with Gasteiger partial charge in [-0.3, -0.25) is 24.6 Å². The number of piperazine rings is 1. The van der Waals surface area contributed by atoms with Crippen LogP contribution in [0.2, 0.25) is 0 Å². The smallest absolute Gasteiger partial charge is 0.240 e. The molecule has 0 aromatic carbocycles. The lowest BCUT2D eigenvalue weighted by Gasteiger charge is -2.28. The van der Waals surface area contributed by atoms with Crippen molar-refractivity contribution in [2.24, 2.45) is 5.73 Å². The van der Waals surface area contributed by atoms with Gasteiger partial charge in [0.1, 0.15) is 0 Å². The molecule has 13 heavy (non-hydrogen) atoms. The first-order chi connectivity index (χ1) is 6.00. The van der Waals surface area contributed by atoms with E-state index in [9.17, 15) is 14.4 Å². The first-order valence-electron chi connectivity index (χ1n) is 3.86. The molecule has 3 amide bonds. The Morgan fingerprint density at radius 1 is 1.46 bits per heavy atom. The molecule has 1 rings (SSSR count). The second kappa shape index (κ2) is 3.53. The summed E-state index contributed by atoms with van der Waals surface area (Å²) < 4.78 is 0. The minimum atomic E-state index is -0.588. The molecule has 0 aromatic rings. The molecule has 1 fully saturated rings. The number of carbonyl (C=O) groups excluding carboxylic acids is 3.